The Morgan fingerprint density at radius 1 is 1.03 bits per heavy atom. The van der Waals surface area contributed by atoms with Crippen LogP contribution < -0.4 is 9.80 Å². The van der Waals surface area contributed by atoms with Gasteiger partial charge in [0.25, 0.3) is 5.91 Å². The van der Waals surface area contributed by atoms with Crippen LogP contribution in [0.1, 0.15) is 59.3 Å². The van der Waals surface area contributed by atoms with Crippen molar-refractivity contribution in [1.82, 2.24) is 14.9 Å². The van der Waals surface area contributed by atoms with Gasteiger partial charge in [-0.15, -0.1) is 0 Å². The number of alkyl halides is 3. The van der Waals surface area contributed by atoms with Crippen molar-refractivity contribution in [3.05, 3.63) is 46.6 Å². The SMILES string of the molecule is CN(c1nc2c(c(N3CCOCC3)n1)CN(C(=O)c1ccc(C(F)(F)F)cc1)CC2)C1CCCCC1. The number of aromatic nitrogens is 2. The minimum atomic E-state index is -4.43. The van der Waals surface area contributed by atoms with E-state index in [1.807, 2.05) is 0 Å². The number of morpholine rings is 1. The Bertz CT molecular complexity index is 1080. The van der Waals surface area contributed by atoms with Crippen LogP contribution in [0.2, 0.25) is 0 Å². The van der Waals surface area contributed by atoms with E-state index in [1.165, 1.54) is 31.4 Å². The molecule has 194 valence electrons. The predicted octanol–water partition coefficient (Wildman–Crippen LogP) is 4.30. The standard InChI is InChI=1S/C26H32F3N5O2/c1-32(20-5-3-2-4-6-20)25-30-22-11-12-34(17-21(22)23(31-25)33-13-15-36-16-14-33)24(35)18-7-9-19(10-8-18)26(27,28)29/h7-10,20H,2-6,11-17H2,1H3. The number of benzene rings is 1. The van der Waals surface area contributed by atoms with E-state index < -0.39 is 11.7 Å². The Morgan fingerprint density at radius 2 is 1.72 bits per heavy atom. The average molecular weight is 504 g/mol. The Labute approximate surface area is 209 Å². The summed E-state index contributed by atoms with van der Waals surface area (Å²) in [5.41, 5.74) is 1.35. The largest absolute Gasteiger partial charge is 0.416 e. The van der Waals surface area contributed by atoms with Gasteiger partial charge >= 0.3 is 6.18 Å². The number of nitrogens with zero attached hydrogens (tertiary/aromatic N) is 5. The molecule has 1 saturated carbocycles. The fraction of sp³-hybridized carbons (Fsp3) is 0.577. The van der Waals surface area contributed by atoms with Crippen LogP contribution in [0.4, 0.5) is 24.9 Å². The first-order valence-corrected chi connectivity index (χ1v) is 12.7. The maximum absolute atomic E-state index is 13.2. The second kappa shape index (κ2) is 10.2. The minimum Gasteiger partial charge on any atom is -0.378 e. The van der Waals surface area contributed by atoms with Gasteiger partial charge in [0.2, 0.25) is 5.95 Å². The number of hydrogen-bond acceptors (Lipinski definition) is 6. The lowest BCUT2D eigenvalue weighted by Gasteiger charge is -2.37. The number of amides is 1. The summed E-state index contributed by atoms with van der Waals surface area (Å²) in [6.07, 6.45) is 2.13. The molecule has 5 rings (SSSR count). The first-order chi connectivity index (χ1) is 17.3. The lowest BCUT2D eigenvalue weighted by molar-refractivity contribution is -0.137. The smallest absolute Gasteiger partial charge is 0.378 e. The van der Waals surface area contributed by atoms with Gasteiger partial charge in [-0.1, -0.05) is 19.3 Å². The van der Waals surface area contributed by atoms with E-state index in [9.17, 15) is 18.0 Å². The molecule has 0 N–H and O–H groups in total. The first-order valence-electron chi connectivity index (χ1n) is 12.7. The van der Waals surface area contributed by atoms with Crippen molar-refractivity contribution in [2.45, 2.75) is 57.3 Å². The van der Waals surface area contributed by atoms with Crippen molar-refractivity contribution in [3.63, 3.8) is 0 Å². The van der Waals surface area contributed by atoms with Crippen molar-refractivity contribution in [2.75, 3.05) is 49.7 Å². The van der Waals surface area contributed by atoms with Gasteiger partial charge in [-0.05, 0) is 37.1 Å². The van der Waals surface area contributed by atoms with Gasteiger partial charge in [0.15, 0.2) is 0 Å². The van der Waals surface area contributed by atoms with Gasteiger partial charge < -0.3 is 19.4 Å². The Balaban J connectivity index is 1.42. The van der Waals surface area contributed by atoms with E-state index in [1.54, 1.807) is 4.90 Å². The van der Waals surface area contributed by atoms with Gasteiger partial charge in [0.1, 0.15) is 5.82 Å². The number of ether oxygens (including phenoxy) is 1. The highest BCUT2D eigenvalue weighted by molar-refractivity contribution is 5.94. The zero-order valence-corrected chi connectivity index (χ0v) is 20.6. The summed E-state index contributed by atoms with van der Waals surface area (Å²) in [6, 6.07) is 4.85. The molecule has 0 unspecified atom stereocenters. The minimum absolute atomic E-state index is 0.244. The topological polar surface area (TPSA) is 61.8 Å². The Kier molecular flexibility index (Phi) is 7.05. The monoisotopic (exact) mass is 503 g/mol. The van der Waals surface area contributed by atoms with Crippen molar-refractivity contribution >= 4 is 17.7 Å². The zero-order valence-electron chi connectivity index (χ0n) is 20.6. The normalized spacial score (nSPS) is 19.2. The van der Waals surface area contributed by atoms with E-state index in [2.05, 4.69) is 16.8 Å². The average Bonchev–Trinajstić information content (AvgIpc) is 2.92. The molecule has 0 atom stereocenters. The van der Waals surface area contributed by atoms with E-state index >= 15 is 0 Å². The summed E-state index contributed by atoms with van der Waals surface area (Å²) in [6.45, 7) is 3.43. The number of anilines is 2. The van der Waals surface area contributed by atoms with Crippen LogP contribution in [0.15, 0.2) is 24.3 Å². The maximum atomic E-state index is 13.2. The summed E-state index contributed by atoms with van der Waals surface area (Å²) in [7, 11) is 2.07. The van der Waals surface area contributed by atoms with Crippen LogP contribution >= 0.6 is 0 Å². The molecule has 1 aromatic heterocycles. The molecule has 3 aliphatic rings. The van der Waals surface area contributed by atoms with E-state index in [4.69, 9.17) is 14.7 Å². The van der Waals surface area contributed by atoms with Crippen LogP contribution in [0.3, 0.4) is 0 Å². The number of hydrogen-bond donors (Lipinski definition) is 0. The fourth-order valence-electron chi connectivity index (χ4n) is 5.37. The highest BCUT2D eigenvalue weighted by atomic mass is 19.4. The van der Waals surface area contributed by atoms with Crippen LogP contribution in [0.25, 0.3) is 0 Å². The van der Waals surface area contributed by atoms with Gasteiger partial charge in [-0.25, -0.2) is 4.98 Å². The van der Waals surface area contributed by atoms with Gasteiger partial charge in [0.05, 0.1) is 31.0 Å². The van der Waals surface area contributed by atoms with Crippen LogP contribution in [0, 0.1) is 0 Å². The number of halogens is 3. The predicted molar refractivity (Wildman–Crippen MR) is 130 cm³/mol. The van der Waals surface area contributed by atoms with E-state index in [-0.39, 0.29) is 11.5 Å². The second-order valence-electron chi connectivity index (χ2n) is 9.83. The Morgan fingerprint density at radius 3 is 2.39 bits per heavy atom. The third-order valence-corrected chi connectivity index (χ3v) is 7.52. The summed E-state index contributed by atoms with van der Waals surface area (Å²) in [5.74, 6) is 1.28. The highest BCUT2D eigenvalue weighted by Gasteiger charge is 2.32. The number of rotatable bonds is 4. The summed E-state index contributed by atoms with van der Waals surface area (Å²) >= 11 is 0. The molecule has 36 heavy (non-hydrogen) atoms. The van der Waals surface area contributed by atoms with Gasteiger partial charge in [-0.3, -0.25) is 4.79 Å². The molecule has 1 amide bonds. The molecular weight excluding hydrogens is 471 g/mol. The molecule has 2 aliphatic heterocycles. The first kappa shape index (κ1) is 24.8. The summed E-state index contributed by atoms with van der Waals surface area (Å²) < 4.78 is 44.4. The molecule has 3 heterocycles. The number of carbonyl (C=O) groups excluding carboxylic acids is 1. The van der Waals surface area contributed by atoms with Crippen LogP contribution in [0.5, 0.6) is 0 Å². The van der Waals surface area contributed by atoms with Crippen molar-refractivity contribution in [2.24, 2.45) is 0 Å². The lowest BCUT2D eigenvalue weighted by atomic mass is 9.95. The Hall–Kier alpha value is -2.88. The molecule has 1 saturated heterocycles. The van der Waals surface area contributed by atoms with E-state index in [0.717, 1.165) is 48.0 Å². The summed E-state index contributed by atoms with van der Waals surface area (Å²) in [4.78, 5) is 29.3. The number of carbonyl (C=O) groups is 1. The molecule has 10 heteroatoms. The van der Waals surface area contributed by atoms with E-state index in [0.29, 0.717) is 51.9 Å². The van der Waals surface area contributed by atoms with Gasteiger partial charge in [0, 0.05) is 50.3 Å². The third kappa shape index (κ3) is 5.14. The molecule has 0 spiro atoms. The molecule has 1 aromatic carbocycles. The van der Waals surface area contributed by atoms with Crippen LogP contribution in [-0.4, -0.2) is 66.7 Å². The molecule has 0 radical (unpaired) electrons. The van der Waals surface area contributed by atoms with Crippen molar-refractivity contribution < 1.29 is 22.7 Å². The van der Waals surface area contributed by atoms with Crippen LogP contribution in [-0.2, 0) is 23.9 Å². The van der Waals surface area contributed by atoms with Crippen molar-refractivity contribution in [3.8, 4) is 0 Å². The highest BCUT2D eigenvalue weighted by Crippen LogP contribution is 2.33. The van der Waals surface area contributed by atoms with Gasteiger partial charge in [-0.2, -0.15) is 18.2 Å². The lowest BCUT2D eigenvalue weighted by Crippen LogP contribution is -2.42. The third-order valence-electron chi connectivity index (χ3n) is 7.52. The molecule has 2 aromatic rings. The molecular formula is C26H32F3N5O2. The molecule has 1 aliphatic carbocycles. The fourth-order valence-corrected chi connectivity index (χ4v) is 5.37. The quantitative estimate of drug-likeness (QED) is 0.620. The molecule has 0 bridgehead atoms. The second-order valence-corrected chi connectivity index (χ2v) is 9.83. The number of fused-ring (bicyclic) bond motifs is 1. The maximum Gasteiger partial charge on any atom is 0.416 e. The van der Waals surface area contributed by atoms with Crippen molar-refractivity contribution in [1.29, 1.82) is 0 Å². The zero-order chi connectivity index (χ0) is 25.3. The molecule has 2 fully saturated rings. The summed E-state index contributed by atoms with van der Waals surface area (Å²) in [5, 5.41) is 0. The molecule has 7 nitrogen and oxygen atoms in total.